The minimum absolute atomic E-state index is 0.0394. The van der Waals surface area contributed by atoms with Crippen LogP contribution in [0.1, 0.15) is 4.88 Å². The van der Waals surface area contributed by atoms with Gasteiger partial charge in [0.05, 0.1) is 30.1 Å². The van der Waals surface area contributed by atoms with Gasteiger partial charge >= 0.3 is 0 Å². The van der Waals surface area contributed by atoms with Crippen molar-refractivity contribution in [2.24, 2.45) is 4.99 Å². The Kier molecular flexibility index (Phi) is 5.04. The lowest BCUT2D eigenvalue weighted by atomic mass is 10.1. The highest BCUT2D eigenvalue weighted by Crippen LogP contribution is 2.32. The average Bonchev–Trinajstić information content (AvgIpc) is 3.01. The molecule has 1 N–H and O–H groups in total. The molecule has 0 aliphatic carbocycles. The van der Waals surface area contributed by atoms with Crippen LogP contribution in [0.5, 0.6) is 17.4 Å². The van der Waals surface area contributed by atoms with Crippen molar-refractivity contribution in [2.75, 3.05) is 14.2 Å². The SMILES string of the molecule is COc1cccc(-n2c(O)c(/C=C3\C=c4ccc(OC)cc4=NC3=O)sc2=S)c1. The molecule has 146 valence electrons. The molecule has 0 atom stereocenters. The van der Waals surface area contributed by atoms with Crippen LogP contribution in [-0.2, 0) is 4.79 Å². The van der Waals surface area contributed by atoms with Crippen LogP contribution in [0.25, 0.3) is 17.8 Å². The van der Waals surface area contributed by atoms with Crippen LogP contribution in [-0.4, -0.2) is 29.8 Å². The predicted octanol–water partition coefficient (Wildman–Crippen LogP) is 3.01. The standard InChI is InChI=1S/C21H16N2O4S2/c1-26-15-5-3-4-14(10-15)23-20(25)18(29-21(23)28)9-13-8-12-6-7-16(27-2)11-17(12)22-19(13)24/h3-11,25H,1-2H3/b13-9+. The van der Waals surface area contributed by atoms with Gasteiger partial charge in [-0.25, -0.2) is 4.99 Å². The molecule has 0 bridgehead atoms. The number of rotatable bonds is 4. The van der Waals surface area contributed by atoms with Gasteiger partial charge in [-0.15, -0.1) is 11.3 Å². The molecule has 0 saturated carbocycles. The molecule has 1 aliphatic rings. The molecule has 0 radical (unpaired) electrons. The topological polar surface area (TPSA) is 73.1 Å². The molecular weight excluding hydrogens is 408 g/mol. The molecule has 29 heavy (non-hydrogen) atoms. The van der Waals surface area contributed by atoms with E-state index in [0.29, 0.717) is 36.9 Å². The van der Waals surface area contributed by atoms with Crippen molar-refractivity contribution in [3.05, 3.63) is 67.4 Å². The fourth-order valence-corrected chi connectivity index (χ4v) is 4.27. The smallest absolute Gasteiger partial charge is 0.277 e. The highest BCUT2D eigenvalue weighted by Gasteiger charge is 2.16. The monoisotopic (exact) mass is 424 g/mol. The summed E-state index contributed by atoms with van der Waals surface area (Å²) in [4.78, 5) is 17.1. The Hall–Kier alpha value is -3.23. The van der Waals surface area contributed by atoms with Gasteiger partial charge in [0.1, 0.15) is 11.5 Å². The maximum absolute atomic E-state index is 12.5. The summed E-state index contributed by atoms with van der Waals surface area (Å²) in [6.07, 6.45) is 3.34. The summed E-state index contributed by atoms with van der Waals surface area (Å²) in [5.74, 6) is 0.850. The first-order chi connectivity index (χ1) is 14.0. The molecule has 0 fully saturated rings. The fourth-order valence-electron chi connectivity index (χ4n) is 2.97. The molecule has 0 saturated heterocycles. The van der Waals surface area contributed by atoms with Crippen LogP contribution < -0.4 is 20.0 Å². The van der Waals surface area contributed by atoms with Crippen LogP contribution >= 0.6 is 23.6 Å². The van der Waals surface area contributed by atoms with E-state index in [-0.39, 0.29) is 5.88 Å². The molecule has 6 nitrogen and oxygen atoms in total. The highest BCUT2D eigenvalue weighted by atomic mass is 32.1. The van der Waals surface area contributed by atoms with E-state index < -0.39 is 5.91 Å². The summed E-state index contributed by atoms with van der Waals surface area (Å²) >= 11 is 6.64. The molecule has 0 spiro atoms. The minimum Gasteiger partial charge on any atom is -0.497 e. The highest BCUT2D eigenvalue weighted by molar-refractivity contribution is 7.73. The van der Waals surface area contributed by atoms with E-state index in [2.05, 4.69) is 4.99 Å². The number of carbonyl (C=O) groups excluding carboxylic acids is 1. The van der Waals surface area contributed by atoms with E-state index in [4.69, 9.17) is 21.7 Å². The maximum Gasteiger partial charge on any atom is 0.277 e. The molecular formula is C21H16N2O4S2. The van der Waals surface area contributed by atoms with E-state index in [0.717, 1.165) is 5.22 Å². The number of hydrogen-bond donors (Lipinski definition) is 1. The van der Waals surface area contributed by atoms with Crippen LogP contribution in [0.15, 0.2) is 53.0 Å². The van der Waals surface area contributed by atoms with Gasteiger partial charge in [0.15, 0.2) is 3.95 Å². The lowest BCUT2D eigenvalue weighted by Gasteiger charge is -2.07. The third kappa shape index (κ3) is 3.59. The number of ether oxygens (including phenoxy) is 2. The number of hydrogen-bond acceptors (Lipinski definition) is 6. The van der Waals surface area contributed by atoms with Gasteiger partial charge in [-0.1, -0.05) is 6.07 Å². The summed E-state index contributed by atoms with van der Waals surface area (Å²) in [5, 5.41) is 12.1. The normalized spacial score (nSPS) is 14.1. The molecule has 4 rings (SSSR count). The Morgan fingerprint density at radius 3 is 2.66 bits per heavy atom. The van der Waals surface area contributed by atoms with Gasteiger partial charge in [0, 0.05) is 22.9 Å². The molecule has 1 amide bonds. The second-order valence-electron chi connectivity index (χ2n) is 6.18. The number of thiazole rings is 1. The van der Waals surface area contributed by atoms with E-state index in [1.165, 1.54) is 15.9 Å². The first-order valence-electron chi connectivity index (χ1n) is 8.60. The summed E-state index contributed by atoms with van der Waals surface area (Å²) in [5.41, 5.74) is 1.04. The van der Waals surface area contributed by atoms with Gasteiger partial charge in [0.25, 0.3) is 5.91 Å². The van der Waals surface area contributed by atoms with Crippen molar-refractivity contribution in [1.29, 1.82) is 0 Å². The second-order valence-corrected chi connectivity index (χ2v) is 7.85. The van der Waals surface area contributed by atoms with Crippen LogP contribution in [0, 0.1) is 3.95 Å². The van der Waals surface area contributed by atoms with Crippen molar-refractivity contribution >= 4 is 41.6 Å². The Labute approximate surface area is 175 Å². The Morgan fingerprint density at radius 1 is 1.14 bits per heavy atom. The Balaban J connectivity index is 1.80. The van der Waals surface area contributed by atoms with E-state index in [1.807, 2.05) is 24.3 Å². The van der Waals surface area contributed by atoms with E-state index in [9.17, 15) is 9.90 Å². The van der Waals surface area contributed by atoms with Crippen LogP contribution in [0.4, 0.5) is 0 Å². The quantitative estimate of drug-likeness (QED) is 0.515. The van der Waals surface area contributed by atoms with Gasteiger partial charge < -0.3 is 14.6 Å². The second kappa shape index (κ2) is 7.65. The minimum atomic E-state index is -0.391. The van der Waals surface area contributed by atoms with Gasteiger partial charge in [-0.3, -0.25) is 9.36 Å². The zero-order valence-electron chi connectivity index (χ0n) is 15.6. The molecule has 1 aromatic heterocycles. The lowest BCUT2D eigenvalue weighted by molar-refractivity contribution is -0.114. The predicted molar refractivity (Wildman–Crippen MR) is 114 cm³/mol. The van der Waals surface area contributed by atoms with Crippen molar-refractivity contribution < 1.29 is 19.4 Å². The summed E-state index contributed by atoms with van der Waals surface area (Å²) in [7, 11) is 3.13. The van der Waals surface area contributed by atoms with Gasteiger partial charge in [0.2, 0.25) is 5.88 Å². The average molecular weight is 425 g/mol. The summed E-state index contributed by atoms with van der Waals surface area (Å²) in [6.45, 7) is 0. The molecule has 2 heterocycles. The molecule has 2 aromatic carbocycles. The fraction of sp³-hybridized carbons (Fsp3) is 0.0952. The number of amides is 1. The molecule has 0 unspecified atom stereocenters. The summed E-state index contributed by atoms with van der Waals surface area (Å²) in [6, 6.07) is 12.6. The first-order valence-corrected chi connectivity index (χ1v) is 9.82. The number of fused-ring (bicyclic) bond motifs is 1. The molecule has 3 aromatic rings. The maximum atomic E-state index is 12.5. The van der Waals surface area contributed by atoms with Crippen molar-refractivity contribution in [3.8, 4) is 23.1 Å². The number of aromatic hydroxyl groups is 1. The van der Waals surface area contributed by atoms with E-state index in [1.54, 1.807) is 44.6 Å². The first kappa shape index (κ1) is 19.1. The number of aromatic nitrogens is 1. The van der Waals surface area contributed by atoms with Crippen LogP contribution in [0.3, 0.4) is 0 Å². The van der Waals surface area contributed by atoms with Crippen molar-refractivity contribution in [3.63, 3.8) is 0 Å². The number of carbonyl (C=O) groups is 1. The zero-order chi connectivity index (χ0) is 20.5. The Bertz CT molecular complexity index is 1340. The molecule has 1 aliphatic heterocycles. The third-order valence-electron chi connectivity index (χ3n) is 4.43. The third-order valence-corrected chi connectivity index (χ3v) is 5.74. The van der Waals surface area contributed by atoms with Gasteiger partial charge in [-0.05, 0) is 48.6 Å². The van der Waals surface area contributed by atoms with Crippen LogP contribution in [0.2, 0.25) is 0 Å². The largest absolute Gasteiger partial charge is 0.497 e. The zero-order valence-corrected chi connectivity index (χ0v) is 17.2. The van der Waals surface area contributed by atoms with E-state index >= 15 is 0 Å². The summed E-state index contributed by atoms with van der Waals surface area (Å²) < 4.78 is 12.4. The molecule has 8 heteroatoms. The number of benzene rings is 2. The van der Waals surface area contributed by atoms with Gasteiger partial charge in [-0.2, -0.15) is 0 Å². The number of methoxy groups -OCH3 is 2. The Morgan fingerprint density at radius 2 is 1.90 bits per heavy atom. The number of nitrogens with zero attached hydrogens (tertiary/aromatic N) is 2. The van der Waals surface area contributed by atoms with Crippen molar-refractivity contribution in [1.82, 2.24) is 4.57 Å². The lowest BCUT2D eigenvalue weighted by Crippen LogP contribution is -2.30. The van der Waals surface area contributed by atoms with Crippen molar-refractivity contribution in [2.45, 2.75) is 0 Å².